The average molecular weight is 489 g/mol. The number of fused-ring (bicyclic) bond motifs is 1. The van der Waals surface area contributed by atoms with E-state index in [0.29, 0.717) is 22.9 Å². The summed E-state index contributed by atoms with van der Waals surface area (Å²) in [4.78, 5) is 4.52. The van der Waals surface area contributed by atoms with Gasteiger partial charge >= 0.3 is 0 Å². The first-order valence-corrected chi connectivity index (χ1v) is 10.9. The molecule has 8 nitrogen and oxygen atoms in total. The van der Waals surface area contributed by atoms with Gasteiger partial charge in [0, 0.05) is 29.9 Å². The van der Waals surface area contributed by atoms with Crippen molar-refractivity contribution in [1.29, 1.82) is 0 Å². The maximum Gasteiger partial charge on any atom is 0.264 e. The molecule has 3 rings (SSSR count). The minimum atomic E-state index is -3.59. The first-order valence-electron chi connectivity index (χ1n) is 8.00. The predicted molar refractivity (Wildman–Crippen MR) is 107 cm³/mol. The molecular formula is C16H20IN5O3S. The lowest BCUT2D eigenvalue weighted by molar-refractivity contribution is 0.307. The highest BCUT2D eigenvalue weighted by atomic mass is 127. The minimum Gasteiger partial charge on any atom is -0.273 e. The highest BCUT2D eigenvalue weighted by molar-refractivity contribution is 14.1. The predicted octanol–water partition coefficient (Wildman–Crippen LogP) is 2.67. The van der Waals surface area contributed by atoms with Crippen molar-refractivity contribution in [3.05, 3.63) is 32.9 Å². The Labute approximate surface area is 165 Å². The second kappa shape index (κ2) is 6.89. The molecule has 140 valence electrons. The van der Waals surface area contributed by atoms with E-state index >= 15 is 0 Å². The number of aryl methyl sites for hydroxylation is 1. The van der Waals surface area contributed by atoms with Crippen LogP contribution < -0.4 is 0 Å². The molecule has 0 fully saturated rings. The van der Waals surface area contributed by atoms with Gasteiger partial charge in [0.2, 0.25) is 0 Å². The van der Waals surface area contributed by atoms with Crippen molar-refractivity contribution in [2.45, 2.75) is 33.3 Å². The van der Waals surface area contributed by atoms with Crippen molar-refractivity contribution < 1.29 is 12.6 Å². The Morgan fingerprint density at radius 1 is 1.31 bits per heavy atom. The fourth-order valence-corrected chi connectivity index (χ4v) is 4.48. The van der Waals surface area contributed by atoms with Gasteiger partial charge in [-0.1, -0.05) is 13.8 Å². The molecule has 0 aliphatic heterocycles. The second-order valence-corrected chi connectivity index (χ2v) is 9.16. The molecular weight excluding hydrogens is 469 g/mol. The zero-order valence-corrected chi connectivity index (χ0v) is 18.2. The van der Waals surface area contributed by atoms with Crippen molar-refractivity contribution in [3.8, 4) is 5.69 Å². The minimum absolute atomic E-state index is 0.173. The topological polar surface area (TPSA) is 91.9 Å². The molecule has 0 N–H and O–H groups in total. The Kier molecular flexibility index (Phi) is 5.10. The van der Waals surface area contributed by atoms with Crippen LogP contribution in [0.5, 0.6) is 0 Å². The molecule has 0 atom stereocenters. The largest absolute Gasteiger partial charge is 0.273 e. The number of hydrogen-bond donors (Lipinski definition) is 0. The highest BCUT2D eigenvalue weighted by Gasteiger charge is 2.20. The van der Waals surface area contributed by atoms with Crippen LogP contribution in [-0.4, -0.2) is 39.2 Å². The number of halogens is 1. The number of nitrogens with zero attached hydrogens (tertiary/aromatic N) is 5. The van der Waals surface area contributed by atoms with Gasteiger partial charge in [0.25, 0.3) is 10.1 Å². The standard InChI is InChI=1S/C16H20IN5O3S/c1-9(2)14-10(3)22(19-15(14)17)13-6-11-7-21(4)20-16(11)18-12(13)8-25-26(5,23)24/h6-7,9H,8H2,1-5H3. The monoisotopic (exact) mass is 489 g/mol. The maximum absolute atomic E-state index is 11.4. The van der Waals surface area contributed by atoms with Gasteiger partial charge in [-0.15, -0.1) is 0 Å². The van der Waals surface area contributed by atoms with Gasteiger partial charge < -0.3 is 0 Å². The van der Waals surface area contributed by atoms with Crippen LogP contribution in [0.15, 0.2) is 12.3 Å². The Balaban J connectivity index is 2.21. The Morgan fingerprint density at radius 3 is 2.58 bits per heavy atom. The summed E-state index contributed by atoms with van der Waals surface area (Å²) in [6.45, 7) is 6.06. The summed E-state index contributed by atoms with van der Waals surface area (Å²) >= 11 is 2.22. The molecule has 0 radical (unpaired) electrons. The molecule has 3 heterocycles. The first kappa shape index (κ1) is 19.2. The van der Waals surface area contributed by atoms with E-state index in [1.165, 1.54) is 0 Å². The molecule has 26 heavy (non-hydrogen) atoms. The van der Waals surface area contributed by atoms with Gasteiger partial charge in [0.1, 0.15) is 10.3 Å². The Bertz CT molecular complexity index is 1090. The fraction of sp³-hybridized carbons (Fsp3) is 0.438. The van der Waals surface area contributed by atoms with Gasteiger partial charge in [0.05, 0.1) is 17.6 Å². The second-order valence-electron chi connectivity index (χ2n) is 6.49. The third-order valence-corrected chi connectivity index (χ3v) is 5.34. The summed E-state index contributed by atoms with van der Waals surface area (Å²) in [7, 11) is -1.78. The fourth-order valence-electron chi connectivity index (χ4n) is 2.92. The molecule has 0 spiro atoms. The van der Waals surface area contributed by atoms with Crippen molar-refractivity contribution in [2.24, 2.45) is 7.05 Å². The summed E-state index contributed by atoms with van der Waals surface area (Å²) in [6, 6.07) is 1.91. The van der Waals surface area contributed by atoms with E-state index in [2.05, 4.69) is 51.6 Å². The van der Waals surface area contributed by atoms with E-state index in [1.54, 1.807) is 9.36 Å². The SMILES string of the molecule is Cc1c(C(C)C)c(I)nn1-c1cc2cn(C)nc2nc1COS(C)(=O)=O. The van der Waals surface area contributed by atoms with Crippen molar-refractivity contribution in [3.63, 3.8) is 0 Å². The molecule has 10 heteroatoms. The van der Waals surface area contributed by atoms with Gasteiger partial charge in [-0.2, -0.15) is 18.6 Å². The molecule has 3 aromatic rings. The van der Waals surface area contributed by atoms with E-state index in [1.807, 2.05) is 26.2 Å². The lowest BCUT2D eigenvalue weighted by atomic mass is 10.1. The van der Waals surface area contributed by atoms with Crippen LogP contribution >= 0.6 is 22.6 Å². The molecule has 3 aromatic heterocycles. The van der Waals surface area contributed by atoms with Crippen LogP contribution in [-0.2, 0) is 28.0 Å². The quantitative estimate of drug-likeness (QED) is 0.404. The van der Waals surface area contributed by atoms with Gasteiger partial charge in [0.15, 0.2) is 5.65 Å². The molecule has 0 aliphatic rings. The van der Waals surface area contributed by atoms with Crippen LogP contribution in [0.3, 0.4) is 0 Å². The van der Waals surface area contributed by atoms with Crippen molar-refractivity contribution >= 4 is 43.7 Å². The molecule has 0 aromatic carbocycles. The number of pyridine rings is 1. The van der Waals surface area contributed by atoms with E-state index in [4.69, 9.17) is 4.18 Å². The van der Waals surface area contributed by atoms with E-state index in [9.17, 15) is 8.42 Å². The van der Waals surface area contributed by atoms with Crippen LogP contribution in [0.2, 0.25) is 0 Å². The maximum atomic E-state index is 11.4. The van der Waals surface area contributed by atoms with Crippen LogP contribution in [0.1, 0.15) is 36.7 Å². The summed E-state index contributed by atoms with van der Waals surface area (Å²) in [6.07, 6.45) is 2.88. The van der Waals surface area contributed by atoms with Gasteiger partial charge in [-0.3, -0.25) is 8.86 Å². The van der Waals surface area contributed by atoms with E-state index < -0.39 is 10.1 Å². The molecule has 0 amide bonds. The molecule has 0 saturated carbocycles. The smallest absolute Gasteiger partial charge is 0.264 e. The van der Waals surface area contributed by atoms with E-state index in [-0.39, 0.29) is 6.61 Å². The lowest BCUT2D eigenvalue weighted by Crippen LogP contribution is -2.10. The zero-order valence-electron chi connectivity index (χ0n) is 15.2. The normalized spacial score (nSPS) is 12.4. The van der Waals surface area contributed by atoms with Crippen LogP contribution in [0.25, 0.3) is 16.7 Å². The van der Waals surface area contributed by atoms with Gasteiger partial charge in [-0.05, 0) is 41.5 Å². The number of rotatable bonds is 5. The zero-order chi connectivity index (χ0) is 19.2. The van der Waals surface area contributed by atoms with Crippen LogP contribution in [0, 0.1) is 10.6 Å². The van der Waals surface area contributed by atoms with Crippen LogP contribution in [0.4, 0.5) is 0 Å². The lowest BCUT2D eigenvalue weighted by Gasteiger charge is -2.11. The Hall–Kier alpha value is -1.53. The third-order valence-electron chi connectivity index (χ3n) is 4.00. The average Bonchev–Trinajstić information content (AvgIpc) is 3.01. The van der Waals surface area contributed by atoms with Crippen molar-refractivity contribution in [1.82, 2.24) is 24.5 Å². The summed E-state index contributed by atoms with van der Waals surface area (Å²) < 4.78 is 32.3. The molecule has 0 saturated heterocycles. The summed E-state index contributed by atoms with van der Waals surface area (Å²) in [5.74, 6) is 0.321. The first-order chi connectivity index (χ1) is 12.1. The Morgan fingerprint density at radius 2 is 2.00 bits per heavy atom. The van der Waals surface area contributed by atoms with Gasteiger partial charge in [-0.25, -0.2) is 9.67 Å². The van der Waals surface area contributed by atoms with Crippen molar-refractivity contribution in [2.75, 3.05) is 6.26 Å². The number of aromatic nitrogens is 5. The van der Waals surface area contributed by atoms with E-state index in [0.717, 1.165) is 26.6 Å². The summed E-state index contributed by atoms with van der Waals surface area (Å²) in [5, 5.41) is 9.80. The third kappa shape index (κ3) is 3.76. The molecule has 0 unspecified atom stereocenters. The molecule has 0 aliphatic carbocycles. The molecule has 0 bridgehead atoms. The summed E-state index contributed by atoms with van der Waals surface area (Å²) in [5.41, 5.74) is 3.85. The number of hydrogen-bond acceptors (Lipinski definition) is 6. The highest BCUT2D eigenvalue weighted by Crippen LogP contribution is 2.29.